The van der Waals surface area contributed by atoms with Crippen LogP contribution in [0.3, 0.4) is 0 Å². The zero-order chi connectivity index (χ0) is 13.5. The molecule has 0 aliphatic carbocycles. The summed E-state index contributed by atoms with van der Waals surface area (Å²) in [6.45, 7) is 2.11. The molecule has 5 nitrogen and oxygen atoms in total. The van der Waals surface area contributed by atoms with E-state index in [0.717, 1.165) is 24.1 Å². The van der Waals surface area contributed by atoms with Crippen LogP contribution in [0.5, 0.6) is 0 Å². The first kappa shape index (κ1) is 15.9. The number of aliphatic hydroxyl groups excluding tert-OH is 3. The molecule has 106 valence electrons. The SMILES string of the molecule is CC(=S)CCCCO[C@H]1CC(O)[C@H](O)C(CO)O1. The minimum Gasteiger partial charge on any atom is -0.394 e. The lowest BCUT2D eigenvalue weighted by atomic mass is 10.0. The number of unbranched alkanes of at least 4 members (excludes halogenated alkanes) is 1. The maximum atomic E-state index is 9.59. The van der Waals surface area contributed by atoms with Gasteiger partial charge in [0.05, 0.1) is 12.7 Å². The zero-order valence-corrected chi connectivity index (χ0v) is 11.4. The number of rotatable bonds is 7. The smallest absolute Gasteiger partial charge is 0.160 e. The van der Waals surface area contributed by atoms with E-state index in [9.17, 15) is 10.2 Å². The summed E-state index contributed by atoms with van der Waals surface area (Å²) in [6, 6.07) is 0. The highest BCUT2D eigenvalue weighted by atomic mass is 32.1. The van der Waals surface area contributed by atoms with E-state index in [1.807, 2.05) is 6.92 Å². The third kappa shape index (κ3) is 5.26. The van der Waals surface area contributed by atoms with E-state index in [4.69, 9.17) is 26.8 Å². The number of ether oxygens (including phenoxy) is 2. The van der Waals surface area contributed by atoms with Crippen molar-refractivity contribution in [3.8, 4) is 0 Å². The Kier molecular flexibility index (Phi) is 7.21. The first-order valence-electron chi connectivity index (χ1n) is 6.28. The number of aliphatic hydroxyl groups is 3. The second kappa shape index (κ2) is 8.14. The Hall–Kier alpha value is -0.110. The molecule has 1 fully saturated rings. The van der Waals surface area contributed by atoms with Crippen LogP contribution < -0.4 is 0 Å². The molecule has 18 heavy (non-hydrogen) atoms. The van der Waals surface area contributed by atoms with Crippen molar-refractivity contribution in [2.45, 2.75) is 57.2 Å². The Morgan fingerprint density at radius 2 is 2.11 bits per heavy atom. The van der Waals surface area contributed by atoms with Gasteiger partial charge in [0.1, 0.15) is 12.2 Å². The molecule has 0 spiro atoms. The van der Waals surface area contributed by atoms with Crippen LogP contribution in [0.1, 0.15) is 32.6 Å². The zero-order valence-electron chi connectivity index (χ0n) is 10.6. The molecule has 1 aliphatic heterocycles. The first-order chi connectivity index (χ1) is 8.54. The summed E-state index contributed by atoms with van der Waals surface area (Å²) in [5.74, 6) is 0. The Morgan fingerprint density at radius 3 is 2.72 bits per heavy atom. The summed E-state index contributed by atoms with van der Waals surface area (Å²) in [5.41, 5.74) is 0. The lowest BCUT2D eigenvalue weighted by Gasteiger charge is -2.36. The normalized spacial score (nSPS) is 32.4. The van der Waals surface area contributed by atoms with Crippen molar-refractivity contribution in [2.75, 3.05) is 13.2 Å². The quantitative estimate of drug-likeness (QED) is 0.462. The van der Waals surface area contributed by atoms with E-state index < -0.39 is 24.6 Å². The highest BCUT2D eigenvalue weighted by Gasteiger charge is 2.36. The first-order valence-corrected chi connectivity index (χ1v) is 6.69. The third-order valence-corrected chi connectivity index (χ3v) is 3.15. The lowest BCUT2D eigenvalue weighted by Crippen LogP contribution is -2.50. The van der Waals surface area contributed by atoms with E-state index in [1.165, 1.54) is 0 Å². The molecular weight excluding hydrogens is 256 g/mol. The van der Waals surface area contributed by atoms with E-state index >= 15 is 0 Å². The summed E-state index contributed by atoms with van der Waals surface area (Å²) in [7, 11) is 0. The van der Waals surface area contributed by atoms with Crippen LogP contribution in [-0.4, -0.2) is 58.0 Å². The van der Waals surface area contributed by atoms with Gasteiger partial charge in [0.25, 0.3) is 0 Å². The fraction of sp³-hybridized carbons (Fsp3) is 0.917. The molecule has 6 heteroatoms. The molecule has 0 amide bonds. The van der Waals surface area contributed by atoms with E-state index in [2.05, 4.69) is 0 Å². The molecule has 2 unspecified atom stereocenters. The molecule has 0 saturated carbocycles. The van der Waals surface area contributed by atoms with Crippen LogP contribution in [0.2, 0.25) is 0 Å². The molecule has 1 rings (SSSR count). The Bertz CT molecular complexity index is 261. The van der Waals surface area contributed by atoms with Gasteiger partial charge in [0, 0.05) is 13.0 Å². The van der Waals surface area contributed by atoms with Crippen LogP contribution in [-0.2, 0) is 9.47 Å². The maximum absolute atomic E-state index is 9.59. The van der Waals surface area contributed by atoms with Gasteiger partial charge in [-0.05, 0) is 31.1 Å². The lowest BCUT2D eigenvalue weighted by molar-refractivity contribution is -0.256. The molecule has 0 aromatic heterocycles. The number of hydrogen-bond donors (Lipinski definition) is 3. The van der Waals surface area contributed by atoms with Gasteiger partial charge in [-0.15, -0.1) is 0 Å². The molecule has 0 aromatic rings. The van der Waals surface area contributed by atoms with Gasteiger partial charge >= 0.3 is 0 Å². The molecule has 0 radical (unpaired) electrons. The summed E-state index contributed by atoms with van der Waals surface area (Å²) in [4.78, 5) is 0.989. The number of hydrogen-bond acceptors (Lipinski definition) is 6. The van der Waals surface area contributed by atoms with Gasteiger partial charge in [-0.25, -0.2) is 0 Å². The average Bonchev–Trinajstić information content (AvgIpc) is 2.32. The van der Waals surface area contributed by atoms with Crippen molar-refractivity contribution < 1.29 is 24.8 Å². The van der Waals surface area contributed by atoms with E-state index in [0.29, 0.717) is 6.61 Å². The predicted molar refractivity (Wildman–Crippen MR) is 70.5 cm³/mol. The van der Waals surface area contributed by atoms with Crippen molar-refractivity contribution >= 4 is 17.1 Å². The fourth-order valence-corrected chi connectivity index (χ4v) is 2.01. The Labute approximate surface area is 113 Å². The molecule has 1 heterocycles. The van der Waals surface area contributed by atoms with Crippen LogP contribution in [0.25, 0.3) is 0 Å². The molecule has 0 bridgehead atoms. The monoisotopic (exact) mass is 278 g/mol. The molecule has 4 atom stereocenters. The highest BCUT2D eigenvalue weighted by molar-refractivity contribution is 7.80. The van der Waals surface area contributed by atoms with Gasteiger partial charge in [-0.2, -0.15) is 0 Å². The van der Waals surface area contributed by atoms with Gasteiger partial charge < -0.3 is 24.8 Å². The highest BCUT2D eigenvalue weighted by Crippen LogP contribution is 2.21. The minimum atomic E-state index is -1.05. The summed E-state index contributed by atoms with van der Waals surface area (Å²) < 4.78 is 10.8. The molecule has 1 aliphatic rings. The minimum absolute atomic E-state index is 0.226. The summed E-state index contributed by atoms with van der Waals surface area (Å²) in [6.07, 6.45) is -0.325. The number of thiocarbonyl (C=S) groups is 1. The van der Waals surface area contributed by atoms with Crippen LogP contribution in [0.15, 0.2) is 0 Å². The largest absolute Gasteiger partial charge is 0.394 e. The van der Waals surface area contributed by atoms with Crippen molar-refractivity contribution in [3.63, 3.8) is 0 Å². The van der Waals surface area contributed by atoms with E-state index in [1.54, 1.807) is 0 Å². The second-order valence-corrected chi connectivity index (χ2v) is 5.31. The summed E-state index contributed by atoms with van der Waals surface area (Å²) in [5, 5.41) is 28.1. The molecule has 3 N–H and O–H groups in total. The van der Waals surface area contributed by atoms with Gasteiger partial charge in [0.2, 0.25) is 0 Å². The standard InChI is InChI=1S/C12H22O5S/c1-8(18)4-2-3-5-16-11-6-9(14)12(15)10(7-13)17-11/h9-15H,2-7H2,1H3/t9?,10?,11-,12+/m1/s1. The molecule has 1 saturated heterocycles. The van der Waals surface area contributed by atoms with Crippen LogP contribution in [0.4, 0.5) is 0 Å². The van der Waals surface area contributed by atoms with Gasteiger partial charge in [-0.1, -0.05) is 12.2 Å². The van der Waals surface area contributed by atoms with Crippen LogP contribution in [0, 0.1) is 0 Å². The summed E-state index contributed by atoms with van der Waals surface area (Å²) >= 11 is 4.98. The van der Waals surface area contributed by atoms with Crippen molar-refractivity contribution in [3.05, 3.63) is 0 Å². The topological polar surface area (TPSA) is 79.2 Å². The van der Waals surface area contributed by atoms with Crippen molar-refractivity contribution in [1.82, 2.24) is 0 Å². The fourth-order valence-electron chi connectivity index (χ4n) is 1.86. The van der Waals surface area contributed by atoms with Gasteiger partial charge in [-0.3, -0.25) is 0 Å². The van der Waals surface area contributed by atoms with Gasteiger partial charge in [0.15, 0.2) is 6.29 Å². The Morgan fingerprint density at radius 1 is 1.39 bits per heavy atom. The van der Waals surface area contributed by atoms with E-state index in [-0.39, 0.29) is 13.0 Å². The average molecular weight is 278 g/mol. The molecular formula is C12H22O5S. The van der Waals surface area contributed by atoms with Crippen LogP contribution >= 0.6 is 12.2 Å². The Balaban J connectivity index is 2.20. The second-order valence-electron chi connectivity index (χ2n) is 4.61. The van der Waals surface area contributed by atoms with Crippen molar-refractivity contribution in [1.29, 1.82) is 0 Å². The van der Waals surface area contributed by atoms with Crippen molar-refractivity contribution in [2.24, 2.45) is 0 Å². The predicted octanol–water partition coefficient (Wildman–Crippen LogP) is 0.392. The molecule has 0 aromatic carbocycles. The maximum Gasteiger partial charge on any atom is 0.160 e. The third-order valence-electron chi connectivity index (χ3n) is 2.94.